The molecule has 7 nitrogen and oxygen atoms in total. The third kappa shape index (κ3) is 4.18. The van der Waals surface area contributed by atoms with Crippen molar-refractivity contribution in [1.82, 2.24) is 0 Å². The number of carbonyl (C=O) groups excluding carboxylic acids is 1. The largest absolute Gasteiger partial charge is 0.466 e. The second-order valence-electron chi connectivity index (χ2n) is 7.10. The van der Waals surface area contributed by atoms with Crippen LogP contribution in [0, 0.1) is 16.0 Å². The average Bonchev–Trinajstić information content (AvgIpc) is 3.14. The van der Waals surface area contributed by atoms with Crippen LogP contribution in [0.25, 0.3) is 22.1 Å². The van der Waals surface area contributed by atoms with Crippen LogP contribution < -0.4 is 4.90 Å². The number of rotatable bonds is 5. The molecule has 0 unspecified atom stereocenters. The highest BCUT2D eigenvalue weighted by atomic mass is 79.9. The SMILES string of the molecule is Br.CCOC(=O)C1CCN(c2ccc3oc([N+](=O)[O-])c(-c4ccccc4)c3c2)CC1. The van der Waals surface area contributed by atoms with E-state index in [1.54, 1.807) is 6.07 Å². The molecule has 158 valence electrons. The van der Waals surface area contributed by atoms with Crippen molar-refractivity contribution < 1.29 is 18.9 Å². The number of anilines is 1. The van der Waals surface area contributed by atoms with Crippen LogP contribution in [-0.4, -0.2) is 30.6 Å². The molecule has 1 aliphatic heterocycles. The third-order valence-electron chi connectivity index (χ3n) is 5.36. The molecule has 0 spiro atoms. The van der Waals surface area contributed by atoms with Gasteiger partial charge in [-0.3, -0.25) is 14.9 Å². The van der Waals surface area contributed by atoms with Gasteiger partial charge in [-0.2, -0.15) is 0 Å². The molecule has 1 aliphatic rings. The molecule has 0 saturated carbocycles. The summed E-state index contributed by atoms with van der Waals surface area (Å²) >= 11 is 0. The molecule has 0 N–H and O–H groups in total. The van der Waals surface area contributed by atoms with Crippen molar-refractivity contribution in [2.45, 2.75) is 19.8 Å². The van der Waals surface area contributed by atoms with E-state index in [-0.39, 0.29) is 34.8 Å². The minimum absolute atomic E-state index is 0. The van der Waals surface area contributed by atoms with Gasteiger partial charge in [0.25, 0.3) is 0 Å². The first-order valence-electron chi connectivity index (χ1n) is 9.76. The zero-order valence-electron chi connectivity index (χ0n) is 16.6. The number of benzene rings is 2. The fraction of sp³-hybridized carbons (Fsp3) is 0.318. The van der Waals surface area contributed by atoms with Crippen LogP contribution in [0.4, 0.5) is 11.6 Å². The van der Waals surface area contributed by atoms with Crippen molar-refractivity contribution in [3.05, 3.63) is 58.6 Å². The number of fused-ring (bicyclic) bond motifs is 1. The Labute approximate surface area is 184 Å². The third-order valence-corrected chi connectivity index (χ3v) is 5.36. The summed E-state index contributed by atoms with van der Waals surface area (Å²) in [6.45, 7) is 3.68. The molecule has 0 bridgehead atoms. The Balaban J connectivity index is 0.00000256. The van der Waals surface area contributed by atoms with Gasteiger partial charge in [-0.25, -0.2) is 0 Å². The normalized spacial score (nSPS) is 14.4. The number of hydrogen-bond acceptors (Lipinski definition) is 6. The maximum absolute atomic E-state index is 12.0. The zero-order valence-corrected chi connectivity index (χ0v) is 18.3. The van der Waals surface area contributed by atoms with E-state index in [9.17, 15) is 14.9 Å². The van der Waals surface area contributed by atoms with E-state index in [1.165, 1.54) is 0 Å². The van der Waals surface area contributed by atoms with Crippen LogP contribution in [0.5, 0.6) is 0 Å². The van der Waals surface area contributed by atoms with Crippen molar-refractivity contribution in [1.29, 1.82) is 0 Å². The van der Waals surface area contributed by atoms with Crippen molar-refractivity contribution in [3.63, 3.8) is 0 Å². The number of carbonyl (C=O) groups is 1. The highest BCUT2D eigenvalue weighted by Gasteiger charge is 2.28. The van der Waals surface area contributed by atoms with Crippen molar-refractivity contribution in [2.24, 2.45) is 5.92 Å². The molecule has 2 heterocycles. The Hall–Kier alpha value is -2.87. The molecule has 1 saturated heterocycles. The number of piperidine rings is 1. The van der Waals surface area contributed by atoms with E-state index in [4.69, 9.17) is 9.15 Å². The van der Waals surface area contributed by atoms with Crippen LogP contribution in [0.1, 0.15) is 19.8 Å². The summed E-state index contributed by atoms with van der Waals surface area (Å²) in [6, 6.07) is 14.9. The number of nitro groups is 1. The summed E-state index contributed by atoms with van der Waals surface area (Å²) < 4.78 is 10.7. The molecular formula is C22H23BrN2O5. The first kappa shape index (κ1) is 21.8. The molecule has 0 atom stereocenters. The summed E-state index contributed by atoms with van der Waals surface area (Å²) in [7, 11) is 0. The molecule has 2 aromatic carbocycles. The Morgan fingerprint density at radius 2 is 1.90 bits per heavy atom. The molecule has 0 aliphatic carbocycles. The maximum atomic E-state index is 12.0. The minimum atomic E-state index is -0.479. The van der Waals surface area contributed by atoms with Gasteiger partial charge in [-0.05, 0) is 43.5 Å². The summed E-state index contributed by atoms with van der Waals surface area (Å²) in [5, 5.41) is 12.3. The van der Waals surface area contributed by atoms with E-state index in [1.807, 2.05) is 49.4 Å². The molecular weight excluding hydrogens is 452 g/mol. The van der Waals surface area contributed by atoms with E-state index in [0.717, 1.165) is 37.2 Å². The molecule has 1 fully saturated rings. The maximum Gasteiger partial charge on any atom is 0.442 e. The predicted octanol–water partition coefficient (Wildman–Crippen LogP) is 5.37. The Morgan fingerprint density at radius 3 is 2.53 bits per heavy atom. The minimum Gasteiger partial charge on any atom is -0.466 e. The van der Waals surface area contributed by atoms with Gasteiger partial charge in [0.05, 0.1) is 12.5 Å². The standard InChI is InChI=1S/C22H22N2O5.BrH/c1-2-28-22(25)16-10-12-23(13-11-16)17-8-9-19-18(14-17)20(21(29-19)24(26)27)15-6-4-3-5-7-15;/h3-9,14,16H,2,10-13H2,1H3;1H. The fourth-order valence-electron chi connectivity index (χ4n) is 3.92. The van der Waals surface area contributed by atoms with E-state index < -0.39 is 4.92 Å². The summed E-state index contributed by atoms with van der Waals surface area (Å²) in [5.74, 6) is -0.436. The van der Waals surface area contributed by atoms with Crippen LogP contribution in [0.2, 0.25) is 0 Å². The highest BCUT2D eigenvalue weighted by Crippen LogP contribution is 2.41. The van der Waals surface area contributed by atoms with Gasteiger partial charge in [-0.15, -0.1) is 17.0 Å². The first-order valence-corrected chi connectivity index (χ1v) is 9.76. The van der Waals surface area contributed by atoms with Gasteiger partial charge in [0.2, 0.25) is 0 Å². The van der Waals surface area contributed by atoms with Crippen molar-refractivity contribution in [3.8, 4) is 11.1 Å². The Bertz CT molecular complexity index is 1040. The van der Waals surface area contributed by atoms with Crippen LogP contribution in [-0.2, 0) is 9.53 Å². The lowest BCUT2D eigenvalue weighted by atomic mass is 9.96. The average molecular weight is 475 g/mol. The molecule has 1 aromatic heterocycles. The van der Waals surface area contributed by atoms with Crippen molar-refractivity contribution in [2.75, 3.05) is 24.6 Å². The van der Waals surface area contributed by atoms with Gasteiger partial charge in [0.15, 0.2) is 0 Å². The molecule has 3 aromatic rings. The topological polar surface area (TPSA) is 85.8 Å². The van der Waals surface area contributed by atoms with Gasteiger partial charge in [-0.1, -0.05) is 30.3 Å². The number of halogens is 1. The van der Waals surface area contributed by atoms with Gasteiger partial charge < -0.3 is 14.1 Å². The highest BCUT2D eigenvalue weighted by molar-refractivity contribution is 8.93. The summed E-state index contributed by atoms with van der Waals surface area (Å²) in [5.41, 5.74) is 2.69. The van der Waals surface area contributed by atoms with Gasteiger partial charge in [0.1, 0.15) is 16.1 Å². The lowest BCUT2D eigenvalue weighted by molar-refractivity contribution is -0.400. The van der Waals surface area contributed by atoms with Crippen LogP contribution >= 0.6 is 17.0 Å². The smallest absolute Gasteiger partial charge is 0.442 e. The van der Waals surface area contributed by atoms with E-state index in [0.29, 0.717) is 23.1 Å². The number of furan rings is 1. The second kappa shape index (κ2) is 9.30. The van der Waals surface area contributed by atoms with E-state index >= 15 is 0 Å². The molecule has 8 heteroatoms. The lowest BCUT2D eigenvalue weighted by Crippen LogP contribution is -2.36. The van der Waals surface area contributed by atoms with Crippen molar-refractivity contribution >= 4 is 45.5 Å². The van der Waals surface area contributed by atoms with Crippen LogP contribution in [0.15, 0.2) is 52.9 Å². The Morgan fingerprint density at radius 1 is 1.20 bits per heavy atom. The lowest BCUT2D eigenvalue weighted by Gasteiger charge is -2.32. The second-order valence-corrected chi connectivity index (χ2v) is 7.10. The monoisotopic (exact) mass is 474 g/mol. The Kier molecular flexibility index (Phi) is 6.77. The summed E-state index contributed by atoms with van der Waals surface area (Å²) in [6.07, 6.45) is 1.46. The predicted molar refractivity (Wildman–Crippen MR) is 120 cm³/mol. The van der Waals surface area contributed by atoms with Gasteiger partial charge >= 0.3 is 11.9 Å². The fourth-order valence-corrected chi connectivity index (χ4v) is 3.92. The zero-order chi connectivity index (χ0) is 20.4. The quantitative estimate of drug-likeness (QED) is 0.280. The first-order chi connectivity index (χ1) is 14.1. The molecule has 4 rings (SSSR count). The number of esters is 1. The number of ether oxygens (including phenoxy) is 1. The molecule has 30 heavy (non-hydrogen) atoms. The molecule has 0 amide bonds. The summed E-state index contributed by atoms with van der Waals surface area (Å²) in [4.78, 5) is 25.2. The van der Waals surface area contributed by atoms with Crippen LogP contribution in [0.3, 0.4) is 0 Å². The molecule has 0 radical (unpaired) electrons. The van der Waals surface area contributed by atoms with Gasteiger partial charge in [0, 0.05) is 24.2 Å². The van der Waals surface area contributed by atoms with E-state index in [2.05, 4.69) is 4.90 Å². The number of hydrogen-bond donors (Lipinski definition) is 0. The number of nitrogens with zero attached hydrogens (tertiary/aromatic N) is 2.